The van der Waals surface area contributed by atoms with E-state index in [2.05, 4.69) is 39.3 Å². The van der Waals surface area contributed by atoms with Gasteiger partial charge in [0.1, 0.15) is 0 Å². The number of H-pyrrole nitrogens is 1. The Bertz CT molecular complexity index is 1000. The van der Waals surface area contributed by atoms with E-state index in [0.717, 1.165) is 42.4 Å². The molecule has 7 nitrogen and oxygen atoms in total. The van der Waals surface area contributed by atoms with E-state index >= 15 is 0 Å². The van der Waals surface area contributed by atoms with Gasteiger partial charge in [0, 0.05) is 0 Å². The van der Waals surface area contributed by atoms with Crippen molar-refractivity contribution in [2.45, 2.75) is 59.8 Å². The minimum Gasteiger partial charge on any atom is -0.296 e. The lowest BCUT2D eigenvalue weighted by Crippen LogP contribution is -2.28. The molecule has 0 fully saturated rings. The molecular formula is C21H31N3O4S. The Balaban J connectivity index is 2.11. The molecule has 0 saturated carbocycles. The van der Waals surface area contributed by atoms with Gasteiger partial charge in [-0.15, -0.1) is 0 Å². The third-order valence-corrected chi connectivity index (χ3v) is 6.80. The Morgan fingerprint density at radius 3 is 2.69 bits per heavy atom. The summed E-state index contributed by atoms with van der Waals surface area (Å²) in [6.45, 7) is 8.17. The topological polar surface area (TPSA) is 105 Å². The van der Waals surface area contributed by atoms with Crippen LogP contribution in [0.5, 0.6) is 0 Å². The van der Waals surface area contributed by atoms with E-state index in [4.69, 9.17) is 0 Å². The van der Waals surface area contributed by atoms with Crippen LogP contribution in [0.1, 0.15) is 65.6 Å². The van der Waals surface area contributed by atoms with Crippen molar-refractivity contribution in [3.63, 3.8) is 0 Å². The van der Waals surface area contributed by atoms with Gasteiger partial charge in [-0.05, 0) is 70.1 Å². The summed E-state index contributed by atoms with van der Waals surface area (Å²) in [6, 6.07) is 0. The maximum absolute atomic E-state index is 12.4. The van der Waals surface area contributed by atoms with Gasteiger partial charge in [0.15, 0.2) is 5.82 Å². The van der Waals surface area contributed by atoms with Gasteiger partial charge in [-0.25, -0.2) is 17.9 Å². The van der Waals surface area contributed by atoms with Crippen LogP contribution in [0.15, 0.2) is 49.2 Å². The van der Waals surface area contributed by atoms with Crippen molar-refractivity contribution in [2.24, 2.45) is 5.41 Å². The lowest BCUT2D eigenvalue weighted by Gasteiger charge is -2.33. The van der Waals surface area contributed by atoms with E-state index < -0.39 is 15.8 Å². The van der Waals surface area contributed by atoms with E-state index in [0.29, 0.717) is 17.2 Å². The Kier molecular flexibility index (Phi) is 7.60. The van der Waals surface area contributed by atoms with Gasteiger partial charge in [-0.2, -0.15) is 0 Å². The summed E-state index contributed by atoms with van der Waals surface area (Å²) in [5, 5.41) is 3.62. The SMILES string of the molecule is CNS(=O)(=O)C1=C(/C=C/C(C)=C/CC/C(C)=C/c2noc(=O)[nH]2)C(C)(C)CCC1. The fourth-order valence-electron chi connectivity index (χ4n) is 3.48. The van der Waals surface area contributed by atoms with Crippen molar-refractivity contribution in [3.8, 4) is 0 Å². The van der Waals surface area contributed by atoms with Crippen LogP contribution in [0.3, 0.4) is 0 Å². The molecule has 0 unspecified atom stereocenters. The average molecular weight is 422 g/mol. The minimum absolute atomic E-state index is 0.178. The molecule has 2 N–H and O–H groups in total. The van der Waals surface area contributed by atoms with Crippen molar-refractivity contribution < 1.29 is 12.9 Å². The van der Waals surface area contributed by atoms with E-state index in [1.165, 1.54) is 7.05 Å². The van der Waals surface area contributed by atoms with Crippen LogP contribution >= 0.6 is 0 Å². The zero-order chi connectivity index (χ0) is 21.7. The molecule has 0 aromatic carbocycles. The molecule has 0 saturated heterocycles. The summed E-state index contributed by atoms with van der Waals surface area (Å²) in [5.74, 6) is -0.151. The number of nitrogens with zero attached hydrogens (tertiary/aromatic N) is 1. The van der Waals surface area contributed by atoms with Crippen LogP contribution in [-0.2, 0) is 10.0 Å². The summed E-state index contributed by atoms with van der Waals surface area (Å²) >= 11 is 0. The summed E-state index contributed by atoms with van der Waals surface area (Å²) in [7, 11) is -1.97. The highest BCUT2D eigenvalue weighted by atomic mass is 32.2. The summed E-state index contributed by atoms with van der Waals surface area (Å²) < 4.78 is 31.8. The molecular weight excluding hydrogens is 390 g/mol. The Morgan fingerprint density at radius 1 is 1.34 bits per heavy atom. The molecule has 1 aliphatic rings. The lowest BCUT2D eigenvalue weighted by atomic mass is 9.75. The van der Waals surface area contributed by atoms with Gasteiger partial charge in [-0.1, -0.05) is 48.4 Å². The zero-order valence-electron chi connectivity index (χ0n) is 17.8. The number of nitrogens with one attached hydrogen (secondary N) is 2. The third kappa shape index (κ3) is 6.40. The van der Waals surface area contributed by atoms with Crippen molar-refractivity contribution in [2.75, 3.05) is 7.05 Å². The maximum Gasteiger partial charge on any atom is 0.439 e. The Morgan fingerprint density at radius 2 is 2.07 bits per heavy atom. The first kappa shape index (κ1) is 23.1. The first-order valence-corrected chi connectivity index (χ1v) is 11.3. The monoisotopic (exact) mass is 421 g/mol. The lowest BCUT2D eigenvalue weighted by molar-refractivity contribution is 0.381. The largest absolute Gasteiger partial charge is 0.439 e. The molecule has 2 rings (SSSR count). The van der Waals surface area contributed by atoms with Crippen LogP contribution < -0.4 is 10.5 Å². The zero-order valence-corrected chi connectivity index (χ0v) is 18.6. The number of allylic oxidation sites excluding steroid dienone is 7. The second-order valence-electron chi connectivity index (χ2n) is 8.07. The fraction of sp³-hybridized carbons (Fsp3) is 0.524. The predicted molar refractivity (Wildman–Crippen MR) is 116 cm³/mol. The summed E-state index contributed by atoms with van der Waals surface area (Å²) in [5.41, 5.74) is 2.85. The number of rotatable bonds is 8. The Labute approximate surface area is 172 Å². The number of sulfonamides is 1. The minimum atomic E-state index is -3.43. The molecule has 29 heavy (non-hydrogen) atoms. The molecule has 0 amide bonds. The average Bonchev–Trinajstić information content (AvgIpc) is 3.04. The highest BCUT2D eigenvalue weighted by Gasteiger charge is 2.33. The maximum atomic E-state index is 12.4. The quantitative estimate of drug-likeness (QED) is 0.616. The van der Waals surface area contributed by atoms with Crippen LogP contribution in [0.4, 0.5) is 0 Å². The number of aromatic nitrogens is 2. The van der Waals surface area contributed by atoms with Gasteiger partial charge >= 0.3 is 5.76 Å². The van der Waals surface area contributed by atoms with Crippen molar-refractivity contribution in [1.29, 1.82) is 0 Å². The molecule has 1 aliphatic carbocycles. The van der Waals surface area contributed by atoms with Crippen LogP contribution in [0, 0.1) is 5.41 Å². The van der Waals surface area contributed by atoms with Crippen molar-refractivity contribution in [1.82, 2.24) is 14.9 Å². The van der Waals surface area contributed by atoms with Gasteiger partial charge < -0.3 is 0 Å². The first-order chi connectivity index (χ1) is 13.5. The van der Waals surface area contributed by atoms with E-state index in [-0.39, 0.29) is 5.41 Å². The number of hydrogen-bond acceptors (Lipinski definition) is 5. The molecule has 1 aromatic rings. The number of hydrogen-bond donors (Lipinski definition) is 2. The van der Waals surface area contributed by atoms with Gasteiger partial charge in [0.25, 0.3) is 0 Å². The van der Waals surface area contributed by atoms with Crippen LogP contribution in [0.2, 0.25) is 0 Å². The molecule has 0 spiro atoms. The second-order valence-corrected chi connectivity index (χ2v) is 9.98. The van der Waals surface area contributed by atoms with Crippen LogP contribution in [-0.4, -0.2) is 25.6 Å². The molecule has 8 heteroatoms. The molecule has 0 aliphatic heterocycles. The fourth-order valence-corrected chi connectivity index (χ4v) is 4.77. The van der Waals surface area contributed by atoms with E-state index in [1.807, 2.05) is 26.0 Å². The number of aromatic amines is 1. The van der Waals surface area contributed by atoms with Gasteiger partial charge in [-0.3, -0.25) is 9.51 Å². The second kappa shape index (κ2) is 9.54. The molecule has 0 radical (unpaired) electrons. The standard InChI is InChI=1S/C21H31N3O4S/c1-15(8-6-9-16(2)14-19-23-20(25)28-24-19)11-12-17-18(29(26,27)22-5)10-7-13-21(17,3)4/h8,11-12,14,22H,6-7,9-10,13H2,1-5H3,(H,23,24,25)/b12-11+,15-8+,16-14+. The van der Waals surface area contributed by atoms with Gasteiger partial charge in [0.05, 0.1) is 4.91 Å². The molecule has 160 valence electrons. The summed E-state index contributed by atoms with van der Waals surface area (Å²) in [4.78, 5) is 13.9. The highest BCUT2D eigenvalue weighted by Crippen LogP contribution is 2.42. The van der Waals surface area contributed by atoms with Gasteiger partial charge in [0.2, 0.25) is 10.0 Å². The smallest absolute Gasteiger partial charge is 0.296 e. The summed E-state index contributed by atoms with van der Waals surface area (Å²) in [6.07, 6.45) is 11.9. The third-order valence-electron chi connectivity index (χ3n) is 5.19. The van der Waals surface area contributed by atoms with E-state index in [1.54, 1.807) is 6.08 Å². The van der Waals surface area contributed by atoms with Crippen molar-refractivity contribution in [3.05, 3.63) is 56.2 Å². The molecule has 1 aromatic heterocycles. The van der Waals surface area contributed by atoms with Crippen LogP contribution in [0.25, 0.3) is 6.08 Å². The molecule has 1 heterocycles. The predicted octanol–water partition coefficient (Wildman–Crippen LogP) is 4.06. The molecule has 0 bridgehead atoms. The Hall–Kier alpha value is -2.19. The first-order valence-electron chi connectivity index (χ1n) is 9.80. The highest BCUT2D eigenvalue weighted by molar-refractivity contribution is 7.93. The normalized spacial score (nSPS) is 18.7. The van der Waals surface area contributed by atoms with E-state index in [9.17, 15) is 13.2 Å². The van der Waals surface area contributed by atoms with Crippen molar-refractivity contribution >= 4 is 16.1 Å². The molecule has 0 atom stereocenters.